The van der Waals surface area contributed by atoms with Crippen molar-refractivity contribution in [2.24, 2.45) is 0 Å². The fourth-order valence-electron chi connectivity index (χ4n) is 4.17. The molecule has 0 heterocycles. The molecule has 0 fully saturated rings. The summed E-state index contributed by atoms with van der Waals surface area (Å²) in [6.07, 6.45) is 0.593. The molecule has 3 rings (SSSR count). The summed E-state index contributed by atoms with van der Waals surface area (Å²) in [4.78, 5) is 36.8. The summed E-state index contributed by atoms with van der Waals surface area (Å²) in [7, 11) is 0. The molecule has 0 aliphatic rings. The van der Waals surface area contributed by atoms with Gasteiger partial charge in [0.2, 0.25) is 5.91 Å². The molecular formula is C30H34N2O5. The molecule has 0 aromatic heterocycles. The average Bonchev–Trinajstić information content (AvgIpc) is 2.87. The van der Waals surface area contributed by atoms with Crippen molar-refractivity contribution in [3.05, 3.63) is 90.0 Å². The van der Waals surface area contributed by atoms with Crippen LogP contribution in [0.3, 0.4) is 0 Å². The Balaban J connectivity index is 1.54. The molecule has 3 N–H and O–H groups in total. The molecule has 0 radical (unpaired) electrons. The Bertz CT molecular complexity index is 1210. The van der Waals surface area contributed by atoms with E-state index in [1.165, 1.54) is 0 Å². The molecule has 0 saturated carbocycles. The second-order valence-electron chi connectivity index (χ2n) is 9.54. The van der Waals surface area contributed by atoms with Crippen molar-refractivity contribution in [1.29, 1.82) is 0 Å². The summed E-state index contributed by atoms with van der Waals surface area (Å²) in [5, 5.41) is 15.2. The lowest BCUT2D eigenvalue weighted by molar-refractivity contribution is -0.140. The maximum atomic E-state index is 12.6. The van der Waals surface area contributed by atoms with Gasteiger partial charge in [-0.1, -0.05) is 54.6 Å². The van der Waals surface area contributed by atoms with Crippen LogP contribution in [0.15, 0.2) is 78.9 Å². The number of nitrogens with one attached hydrogen (secondary N) is 2. The van der Waals surface area contributed by atoms with E-state index in [1.54, 1.807) is 12.1 Å². The standard InChI is InChI=1S/C30H34N2O5/c1-4-37-25-12-8-11-24(19-25)22-13-15-23(16-14-22)28(34)31-27(33)18-17-26(29(35)36)32-30(2,3)20-21-9-6-5-7-10-21/h5-16,19,26,32H,4,17-18,20H2,1-3H3,(H,35,36)(H,31,33,34)/t26-/m0/s1. The van der Waals surface area contributed by atoms with Crippen molar-refractivity contribution < 1.29 is 24.2 Å². The monoisotopic (exact) mass is 502 g/mol. The molecule has 2 amide bonds. The summed E-state index contributed by atoms with van der Waals surface area (Å²) >= 11 is 0. The minimum atomic E-state index is -1.04. The number of rotatable bonds is 12. The number of carboxylic acid groups (broad SMARTS) is 1. The topological polar surface area (TPSA) is 105 Å². The van der Waals surface area contributed by atoms with Crippen molar-refractivity contribution in [2.75, 3.05) is 6.61 Å². The molecule has 0 bridgehead atoms. The SMILES string of the molecule is CCOc1cccc(-c2ccc(C(=O)NC(=O)CC[C@H](NC(C)(C)Cc3ccccc3)C(=O)O)cc2)c1. The zero-order chi connectivity index (χ0) is 26.8. The van der Waals surface area contributed by atoms with Gasteiger partial charge in [-0.25, -0.2) is 0 Å². The van der Waals surface area contributed by atoms with Gasteiger partial charge >= 0.3 is 5.97 Å². The van der Waals surface area contributed by atoms with Crippen LogP contribution in [0, 0.1) is 0 Å². The highest BCUT2D eigenvalue weighted by molar-refractivity contribution is 6.04. The van der Waals surface area contributed by atoms with Gasteiger partial charge in [-0.2, -0.15) is 0 Å². The number of carbonyl (C=O) groups is 3. The number of carboxylic acids is 1. The fourth-order valence-corrected chi connectivity index (χ4v) is 4.17. The summed E-state index contributed by atoms with van der Waals surface area (Å²) in [5.41, 5.74) is 2.80. The summed E-state index contributed by atoms with van der Waals surface area (Å²) in [6.45, 7) is 6.35. The molecule has 7 heteroatoms. The summed E-state index contributed by atoms with van der Waals surface area (Å²) in [5.74, 6) is -1.31. The zero-order valence-electron chi connectivity index (χ0n) is 21.5. The Morgan fingerprint density at radius 3 is 2.27 bits per heavy atom. The minimum Gasteiger partial charge on any atom is -0.494 e. The van der Waals surface area contributed by atoms with Crippen LogP contribution >= 0.6 is 0 Å². The third-order valence-electron chi connectivity index (χ3n) is 5.89. The molecule has 0 aliphatic carbocycles. The van der Waals surface area contributed by atoms with Gasteiger partial charge in [0.1, 0.15) is 11.8 Å². The second kappa shape index (κ2) is 12.8. The maximum Gasteiger partial charge on any atom is 0.320 e. The van der Waals surface area contributed by atoms with Crippen molar-refractivity contribution >= 4 is 17.8 Å². The Labute approximate surface area is 217 Å². The highest BCUT2D eigenvalue weighted by Gasteiger charge is 2.27. The first-order valence-electron chi connectivity index (χ1n) is 12.4. The van der Waals surface area contributed by atoms with E-state index < -0.39 is 29.4 Å². The fraction of sp³-hybridized carbons (Fsp3) is 0.300. The number of ether oxygens (including phenoxy) is 1. The first kappa shape index (κ1) is 27.6. The molecule has 3 aromatic carbocycles. The normalized spacial score (nSPS) is 12.0. The Kier molecular flexibility index (Phi) is 9.57. The second-order valence-corrected chi connectivity index (χ2v) is 9.54. The molecule has 0 spiro atoms. The number of hydrogen-bond acceptors (Lipinski definition) is 5. The third-order valence-corrected chi connectivity index (χ3v) is 5.89. The molecule has 7 nitrogen and oxygen atoms in total. The lowest BCUT2D eigenvalue weighted by Crippen LogP contribution is -2.51. The van der Waals surface area contributed by atoms with Gasteiger partial charge in [0.25, 0.3) is 5.91 Å². The van der Waals surface area contributed by atoms with Crippen molar-refractivity contribution in [3.63, 3.8) is 0 Å². The van der Waals surface area contributed by atoms with E-state index in [1.807, 2.05) is 87.5 Å². The van der Waals surface area contributed by atoms with Crippen LogP contribution in [0.1, 0.15) is 49.5 Å². The van der Waals surface area contributed by atoms with Crippen LogP contribution in [-0.4, -0.2) is 41.1 Å². The van der Waals surface area contributed by atoms with Gasteiger partial charge in [0.05, 0.1) is 6.61 Å². The van der Waals surface area contributed by atoms with Crippen LogP contribution < -0.4 is 15.4 Å². The average molecular weight is 503 g/mol. The van der Waals surface area contributed by atoms with E-state index in [-0.39, 0.29) is 12.8 Å². The van der Waals surface area contributed by atoms with Gasteiger partial charge in [0, 0.05) is 17.5 Å². The molecule has 0 unspecified atom stereocenters. The molecule has 0 saturated heterocycles. The van der Waals surface area contributed by atoms with E-state index in [0.717, 1.165) is 22.4 Å². The number of aliphatic carboxylic acids is 1. The largest absolute Gasteiger partial charge is 0.494 e. The van der Waals surface area contributed by atoms with Gasteiger partial charge in [-0.3, -0.25) is 25.0 Å². The Morgan fingerprint density at radius 1 is 0.919 bits per heavy atom. The van der Waals surface area contributed by atoms with Crippen LogP contribution in [0.4, 0.5) is 0 Å². The summed E-state index contributed by atoms with van der Waals surface area (Å²) in [6, 6.07) is 23.5. The highest BCUT2D eigenvalue weighted by atomic mass is 16.5. The van der Waals surface area contributed by atoms with Gasteiger partial charge in [0.15, 0.2) is 0 Å². The maximum absolute atomic E-state index is 12.6. The molecule has 194 valence electrons. The number of hydrogen-bond donors (Lipinski definition) is 3. The molecule has 1 atom stereocenters. The van der Waals surface area contributed by atoms with Crippen molar-refractivity contribution in [2.45, 2.75) is 51.6 Å². The first-order valence-corrected chi connectivity index (χ1v) is 12.4. The summed E-state index contributed by atoms with van der Waals surface area (Å²) < 4.78 is 5.54. The van der Waals surface area contributed by atoms with Crippen LogP contribution in [-0.2, 0) is 16.0 Å². The predicted octanol–water partition coefficient (Wildman–Crippen LogP) is 4.85. The molecular weight excluding hydrogens is 468 g/mol. The predicted molar refractivity (Wildman–Crippen MR) is 144 cm³/mol. The van der Waals surface area contributed by atoms with E-state index in [9.17, 15) is 19.5 Å². The smallest absolute Gasteiger partial charge is 0.320 e. The Hall–Kier alpha value is -3.97. The molecule has 3 aromatic rings. The van der Waals surface area contributed by atoms with E-state index >= 15 is 0 Å². The van der Waals surface area contributed by atoms with Crippen LogP contribution in [0.5, 0.6) is 5.75 Å². The van der Waals surface area contributed by atoms with E-state index in [4.69, 9.17) is 4.74 Å². The highest BCUT2D eigenvalue weighted by Crippen LogP contribution is 2.24. The number of carbonyl (C=O) groups excluding carboxylic acids is 2. The lowest BCUT2D eigenvalue weighted by atomic mass is 9.93. The lowest BCUT2D eigenvalue weighted by Gasteiger charge is -2.30. The zero-order valence-corrected chi connectivity index (χ0v) is 21.5. The third kappa shape index (κ3) is 8.58. The van der Waals surface area contributed by atoms with Crippen LogP contribution in [0.2, 0.25) is 0 Å². The van der Waals surface area contributed by atoms with Crippen molar-refractivity contribution in [3.8, 4) is 16.9 Å². The quantitative estimate of drug-likeness (QED) is 0.327. The number of amides is 2. The van der Waals surface area contributed by atoms with Crippen LogP contribution in [0.25, 0.3) is 11.1 Å². The minimum absolute atomic E-state index is 0.0573. The van der Waals surface area contributed by atoms with E-state index in [2.05, 4.69) is 10.6 Å². The van der Waals surface area contributed by atoms with E-state index in [0.29, 0.717) is 18.6 Å². The molecule has 37 heavy (non-hydrogen) atoms. The number of imide groups is 1. The molecule has 0 aliphatic heterocycles. The van der Waals surface area contributed by atoms with Crippen molar-refractivity contribution in [1.82, 2.24) is 10.6 Å². The van der Waals surface area contributed by atoms with Gasteiger partial charge in [-0.05, 0) is 74.6 Å². The Morgan fingerprint density at radius 2 is 1.62 bits per heavy atom. The first-order chi connectivity index (χ1) is 17.7. The number of benzene rings is 3. The van der Waals surface area contributed by atoms with Gasteiger partial charge < -0.3 is 9.84 Å². The van der Waals surface area contributed by atoms with Gasteiger partial charge in [-0.15, -0.1) is 0 Å².